The number of pyridine rings is 1. The van der Waals surface area contributed by atoms with Crippen LogP contribution in [-0.2, 0) is 17.0 Å². The molecule has 8 heteroatoms. The quantitative estimate of drug-likeness (QED) is 0.0885. The summed E-state index contributed by atoms with van der Waals surface area (Å²) in [4.78, 5) is 0. The third-order valence-corrected chi connectivity index (χ3v) is 14.7. The van der Waals surface area contributed by atoms with Crippen molar-refractivity contribution in [1.82, 2.24) is 0 Å². The first-order valence-electron chi connectivity index (χ1n) is 16.4. The van der Waals surface area contributed by atoms with Gasteiger partial charge in [-0.3, -0.25) is 0 Å². The molecule has 5 rings (SSSR count). The van der Waals surface area contributed by atoms with Crippen molar-refractivity contribution in [3.05, 3.63) is 36.0 Å². The Bertz CT molecular complexity index is 1180. The molecule has 238 valence electrons. The van der Waals surface area contributed by atoms with E-state index in [0.717, 1.165) is 47.3 Å². The first kappa shape index (κ1) is 34.3. The van der Waals surface area contributed by atoms with Crippen LogP contribution < -0.4 is 4.57 Å². The highest BCUT2D eigenvalue weighted by Crippen LogP contribution is 2.67. The first-order chi connectivity index (χ1) is 19.8. The van der Waals surface area contributed by atoms with Gasteiger partial charge in [-0.05, 0) is 111 Å². The van der Waals surface area contributed by atoms with E-state index in [4.69, 9.17) is 13.0 Å². The number of rotatable bonds is 9. The minimum absolute atomic E-state index is 0.475. The third-order valence-electron chi connectivity index (χ3n) is 11.8. The molecule has 4 nitrogen and oxygen atoms in total. The average molecular weight is 640 g/mol. The number of halogens is 1. The van der Waals surface area contributed by atoms with Crippen molar-refractivity contribution < 1.29 is 21.4 Å². The molecule has 42 heavy (non-hydrogen) atoms. The van der Waals surface area contributed by atoms with Crippen LogP contribution in [0.1, 0.15) is 112 Å². The van der Waals surface area contributed by atoms with Crippen molar-refractivity contribution in [2.24, 2.45) is 46.3 Å². The van der Waals surface area contributed by atoms with Gasteiger partial charge < -0.3 is 4.55 Å². The minimum atomic E-state index is -5.42. The van der Waals surface area contributed by atoms with Crippen LogP contribution in [0.2, 0.25) is 0 Å². The van der Waals surface area contributed by atoms with Crippen LogP contribution in [-0.4, -0.2) is 18.2 Å². The van der Waals surface area contributed by atoms with E-state index < -0.39 is 10.5 Å². The highest BCUT2D eigenvalue weighted by Gasteiger charge is 2.59. The predicted octanol–water partition coefficient (Wildman–Crippen LogP) is 9.56. The van der Waals surface area contributed by atoms with Gasteiger partial charge in [0.25, 0.3) is 15.5 Å². The molecule has 1 aromatic rings. The van der Waals surface area contributed by atoms with Crippen molar-refractivity contribution in [2.75, 3.05) is 0 Å². The maximum Gasteiger partial charge on any atom is 0.255 e. The van der Waals surface area contributed by atoms with E-state index in [2.05, 4.69) is 87.4 Å². The molecule has 0 spiro atoms. The van der Waals surface area contributed by atoms with Crippen LogP contribution in [0.25, 0.3) is 0 Å². The number of allylic oxidation sites excluding steroid dienone is 2. The number of hydrogen-bond acceptors (Lipinski definition) is 5. The Balaban J connectivity index is 0.000000748. The Morgan fingerprint density at radius 3 is 2.50 bits per heavy atom. The molecular weight excluding hydrogens is 586 g/mol. The first-order valence-corrected chi connectivity index (χ1v) is 19.9. The third kappa shape index (κ3) is 7.98. The van der Waals surface area contributed by atoms with E-state index in [1.54, 1.807) is 0 Å². The van der Waals surface area contributed by atoms with Gasteiger partial charge in [0.2, 0.25) is 0 Å². The van der Waals surface area contributed by atoms with Gasteiger partial charge in [0.1, 0.15) is 6.54 Å². The molecule has 4 aliphatic carbocycles. The Morgan fingerprint density at radius 2 is 1.81 bits per heavy atom. The van der Waals surface area contributed by atoms with Gasteiger partial charge >= 0.3 is 0 Å². The molecule has 0 N–H and O–H groups in total. The van der Waals surface area contributed by atoms with Gasteiger partial charge in [-0.25, -0.2) is 8.42 Å². The predicted molar refractivity (Wildman–Crippen MR) is 173 cm³/mol. The second kappa shape index (κ2) is 14.2. The second-order valence-electron chi connectivity index (χ2n) is 14.6. The SMILES string of the molecule is CC[n+]1ccccc1SSC1CC[C@@]2(C)C(=CC[C@H]3[C@@H]4CC[C@H]([C@H](C)CCCC(C)C)[C@@]4(C)CC[C@@H]32)C1.O=S(=O)([O-])F. The molecule has 8 atom stereocenters. The lowest BCUT2D eigenvalue weighted by Gasteiger charge is -2.58. The summed E-state index contributed by atoms with van der Waals surface area (Å²) >= 11 is 0. The molecule has 4 aliphatic rings. The fourth-order valence-corrected chi connectivity index (χ4v) is 12.4. The Labute approximate surface area is 263 Å². The molecule has 0 saturated heterocycles. The van der Waals surface area contributed by atoms with Crippen LogP contribution in [0.4, 0.5) is 3.89 Å². The smallest absolute Gasteiger partial charge is 0.255 e. The summed E-state index contributed by atoms with van der Waals surface area (Å²) in [7, 11) is -1.26. The van der Waals surface area contributed by atoms with Crippen LogP contribution in [0.5, 0.6) is 0 Å². The minimum Gasteiger partial charge on any atom is -0.722 e. The Hall–Kier alpha value is -0.570. The zero-order valence-corrected chi connectivity index (χ0v) is 29.1. The maximum atomic E-state index is 10.1. The van der Waals surface area contributed by atoms with Gasteiger partial charge in [0.15, 0.2) is 6.20 Å². The summed E-state index contributed by atoms with van der Waals surface area (Å²) in [5, 5.41) is 2.17. The molecule has 0 bridgehead atoms. The summed E-state index contributed by atoms with van der Waals surface area (Å²) in [5.41, 5.74) is 2.92. The van der Waals surface area contributed by atoms with Crippen molar-refractivity contribution in [3.63, 3.8) is 0 Å². The number of fused-ring (bicyclic) bond motifs is 5. The van der Waals surface area contributed by atoms with E-state index in [9.17, 15) is 3.89 Å². The summed E-state index contributed by atoms with van der Waals surface area (Å²) in [6.45, 7) is 16.1. The number of nitrogens with zero attached hydrogens (tertiary/aromatic N) is 1. The van der Waals surface area contributed by atoms with E-state index in [0.29, 0.717) is 10.8 Å². The standard InChI is InChI=1S/C34H54NS2.FHO3S/c1-7-35-22-9-8-13-32(35)37-36-27-18-20-33(5)26(23-27)14-15-28-30-17-16-29(25(4)12-10-11-24(2)3)34(30,6)21-19-31(28)33;1-5(2,3)4/h8-9,13-14,22,24-25,27-31H,7,10-12,15-21,23H2,1-6H3;(H,2,3,4)/q+1;/p-1/t25-,27?,28+,29-,30+,31+,33+,34-;/m1./s1. The summed E-state index contributed by atoms with van der Waals surface area (Å²) in [6, 6.07) is 6.63. The second-order valence-corrected chi connectivity index (χ2v) is 17.9. The molecule has 0 amide bonds. The topological polar surface area (TPSA) is 61.1 Å². The lowest BCUT2D eigenvalue weighted by Crippen LogP contribution is -2.50. The maximum absolute atomic E-state index is 10.1. The summed E-state index contributed by atoms with van der Waals surface area (Å²) in [5.74, 6) is 5.61. The normalized spacial score (nSPS) is 34.9. The van der Waals surface area contributed by atoms with E-state index in [-0.39, 0.29) is 0 Å². The Kier molecular flexibility index (Phi) is 11.6. The van der Waals surface area contributed by atoms with Crippen molar-refractivity contribution in [3.8, 4) is 0 Å². The van der Waals surface area contributed by atoms with Crippen LogP contribution in [0.15, 0.2) is 41.1 Å². The number of aryl methyl sites for hydroxylation is 1. The lowest BCUT2D eigenvalue weighted by molar-refractivity contribution is -0.729. The molecule has 1 heterocycles. The highest BCUT2D eigenvalue weighted by molar-refractivity contribution is 8.76. The van der Waals surface area contributed by atoms with Crippen LogP contribution in [0.3, 0.4) is 0 Å². The van der Waals surface area contributed by atoms with Gasteiger partial charge in [-0.15, -0.1) is 3.89 Å². The van der Waals surface area contributed by atoms with Crippen molar-refractivity contribution >= 4 is 32.1 Å². The van der Waals surface area contributed by atoms with Gasteiger partial charge in [0.05, 0.1) is 0 Å². The monoisotopic (exact) mass is 639 g/mol. The van der Waals surface area contributed by atoms with Crippen molar-refractivity contribution in [1.29, 1.82) is 0 Å². The number of aromatic nitrogens is 1. The van der Waals surface area contributed by atoms with E-state index in [1.165, 1.54) is 75.7 Å². The highest BCUT2D eigenvalue weighted by atomic mass is 33.1. The average Bonchev–Trinajstić information content (AvgIpc) is 3.28. The molecule has 0 aliphatic heterocycles. The zero-order chi connectivity index (χ0) is 30.7. The summed E-state index contributed by atoms with van der Waals surface area (Å²) < 4.78 is 37.7. The van der Waals surface area contributed by atoms with Gasteiger partial charge in [-0.2, -0.15) is 4.57 Å². The summed E-state index contributed by atoms with van der Waals surface area (Å²) in [6.07, 6.45) is 20.8. The van der Waals surface area contributed by atoms with Gasteiger partial charge in [-0.1, -0.05) is 76.3 Å². The fourth-order valence-electron chi connectivity index (χ4n) is 9.65. The van der Waals surface area contributed by atoms with Crippen molar-refractivity contribution in [2.45, 2.75) is 129 Å². The lowest BCUT2D eigenvalue weighted by atomic mass is 9.47. The zero-order valence-electron chi connectivity index (χ0n) is 26.7. The number of hydrogen-bond donors (Lipinski definition) is 0. The Morgan fingerprint density at radius 1 is 1.07 bits per heavy atom. The van der Waals surface area contributed by atoms with Crippen LogP contribution in [0, 0.1) is 46.3 Å². The molecular formula is C34H54FNO3S3. The van der Waals surface area contributed by atoms with E-state index >= 15 is 0 Å². The molecule has 0 radical (unpaired) electrons. The van der Waals surface area contributed by atoms with Crippen LogP contribution >= 0.6 is 21.6 Å². The molecule has 3 saturated carbocycles. The van der Waals surface area contributed by atoms with E-state index in [1.807, 2.05) is 16.4 Å². The van der Waals surface area contributed by atoms with Gasteiger partial charge in [0, 0.05) is 28.2 Å². The molecule has 3 fully saturated rings. The fraction of sp³-hybridized carbons (Fsp3) is 0.794. The molecule has 0 aromatic carbocycles. The molecule has 1 unspecified atom stereocenters. The molecule has 1 aromatic heterocycles. The largest absolute Gasteiger partial charge is 0.722 e.